The predicted octanol–water partition coefficient (Wildman–Crippen LogP) is 2.52. The first-order valence-corrected chi connectivity index (χ1v) is 4.99. The first-order chi connectivity index (χ1) is 5.25. The van der Waals surface area contributed by atoms with Crippen molar-refractivity contribution in [2.75, 3.05) is 13.1 Å². The maximum atomic E-state index is 2.66. The van der Waals surface area contributed by atoms with Crippen molar-refractivity contribution in [2.45, 2.75) is 46.1 Å². The molecule has 0 spiro atoms. The standard InChI is InChI=1S/C10H21N/c1-4-7-11-8-5-6-10(11)9(2)3/h9-10H,4-8H2,1-3H3/t10-/m0/s1. The third kappa shape index (κ3) is 2.19. The maximum absolute atomic E-state index is 2.66. The van der Waals surface area contributed by atoms with E-state index in [1.807, 2.05) is 0 Å². The fourth-order valence-corrected chi connectivity index (χ4v) is 2.17. The van der Waals surface area contributed by atoms with E-state index in [0.717, 1.165) is 12.0 Å². The monoisotopic (exact) mass is 155 g/mol. The number of rotatable bonds is 3. The second-order valence-corrected chi connectivity index (χ2v) is 3.99. The zero-order valence-corrected chi connectivity index (χ0v) is 8.14. The van der Waals surface area contributed by atoms with Crippen molar-refractivity contribution in [3.8, 4) is 0 Å². The van der Waals surface area contributed by atoms with E-state index in [1.54, 1.807) is 0 Å². The van der Waals surface area contributed by atoms with Crippen LogP contribution in [0.5, 0.6) is 0 Å². The van der Waals surface area contributed by atoms with Gasteiger partial charge in [-0.05, 0) is 38.3 Å². The highest BCUT2D eigenvalue weighted by Crippen LogP contribution is 2.23. The van der Waals surface area contributed by atoms with Gasteiger partial charge < -0.3 is 4.90 Å². The average molecular weight is 155 g/mol. The molecule has 1 aliphatic heterocycles. The Kier molecular flexibility index (Phi) is 3.38. The van der Waals surface area contributed by atoms with E-state index in [0.29, 0.717) is 0 Å². The Bertz CT molecular complexity index is 109. The smallest absolute Gasteiger partial charge is 0.0119 e. The Labute approximate surface area is 70.8 Å². The Morgan fingerprint density at radius 3 is 2.73 bits per heavy atom. The number of likely N-dealkylation sites (tertiary alicyclic amines) is 1. The summed E-state index contributed by atoms with van der Waals surface area (Å²) in [4.78, 5) is 2.66. The van der Waals surface area contributed by atoms with Gasteiger partial charge in [0.15, 0.2) is 0 Å². The zero-order chi connectivity index (χ0) is 8.27. The lowest BCUT2D eigenvalue weighted by Crippen LogP contribution is -2.33. The van der Waals surface area contributed by atoms with Crippen LogP contribution in [0.1, 0.15) is 40.0 Å². The van der Waals surface area contributed by atoms with Crippen LogP contribution in [0.25, 0.3) is 0 Å². The highest BCUT2D eigenvalue weighted by molar-refractivity contribution is 4.80. The molecule has 0 aromatic rings. The Balaban J connectivity index is 2.37. The van der Waals surface area contributed by atoms with Crippen molar-refractivity contribution < 1.29 is 0 Å². The van der Waals surface area contributed by atoms with Gasteiger partial charge >= 0.3 is 0 Å². The summed E-state index contributed by atoms with van der Waals surface area (Å²) in [5, 5.41) is 0. The van der Waals surface area contributed by atoms with Gasteiger partial charge in [-0.3, -0.25) is 0 Å². The van der Waals surface area contributed by atoms with Crippen LogP contribution < -0.4 is 0 Å². The summed E-state index contributed by atoms with van der Waals surface area (Å²) < 4.78 is 0. The predicted molar refractivity (Wildman–Crippen MR) is 49.7 cm³/mol. The molecule has 0 unspecified atom stereocenters. The summed E-state index contributed by atoms with van der Waals surface area (Å²) in [5.41, 5.74) is 0. The normalized spacial score (nSPS) is 26.7. The molecule has 1 saturated heterocycles. The van der Waals surface area contributed by atoms with E-state index < -0.39 is 0 Å². The van der Waals surface area contributed by atoms with Crippen molar-refractivity contribution in [1.82, 2.24) is 4.90 Å². The quantitative estimate of drug-likeness (QED) is 0.605. The molecule has 0 amide bonds. The van der Waals surface area contributed by atoms with Crippen molar-refractivity contribution >= 4 is 0 Å². The van der Waals surface area contributed by atoms with Crippen LogP contribution in [-0.4, -0.2) is 24.0 Å². The van der Waals surface area contributed by atoms with Gasteiger partial charge in [0.05, 0.1) is 0 Å². The lowest BCUT2D eigenvalue weighted by molar-refractivity contribution is 0.207. The van der Waals surface area contributed by atoms with Crippen molar-refractivity contribution in [3.05, 3.63) is 0 Å². The Hall–Kier alpha value is -0.0400. The van der Waals surface area contributed by atoms with Gasteiger partial charge in [-0.1, -0.05) is 20.8 Å². The summed E-state index contributed by atoms with van der Waals surface area (Å²) in [6, 6.07) is 0.884. The van der Waals surface area contributed by atoms with Crippen LogP contribution in [0.15, 0.2) is 0 Å². The average Bonchev–Trinajstić information content (AvgIpc) is 2.36. The second kappa shape index (κ2) is 4.10. The number of hydrogen-bond acceptors (Lipinski definition) is 1. The fourth-order valence-electron chi connectivity index (χ4n) is 2.17. The Morgan fingerprint density at radius 1 is 1.45 bits per heavy atom. The molecule has 1 rings (SSSR count). The van der Waals surface area contributed by atoms with Crippen LogP contribution in [-0.2, 0) is 0 Å². The Morgan fingerprint density at radius 2 is 2.18 bits per heavy atom. The molecule has 0 bridgehead atoms. The molecular formula is C10H21N. The first-order valence-electron chi connectivity index (χ1n) is 4.99. The molecule has 1 fully saturated rings. The minimum Gasteiger partial charge on any atom is -0.300 e. The second-order valence-electron chi connectivity index (χ2n) is 3.99. The van der Waals surface area contributed by atoms with E-state index >= 15 is 0 Å². The van der Waals surface area contributed by atoms with Gasteiger partial charge in [-0.2, -0.15) is 0 Å². The van der Waals surface area contributed by atoms with Gasteiger partial charge in [0.25, 0.3) is 0 Å². The van der Waals surface area contributed by atoms with Crippen LogP contribution in [0, 0.1) is 5.92 Å². The molecule has 0 radical (unpaired) electrons. The molecule has 1 atom stereocenters. The van der Waals surface area contributed by atoms with Gasteiger partial charge in [-0.15, -0.1) is 0 Å². The van der Waals surface area contributed by atoms with Crippen molar-refractivity contribution in [3.63, 3.8) is 0 Å². The molecule has 1 heterocycles. The van der Waals surface area contributed by atoms with Crippen LogP contribution in [0.3, 0.4) is 0 Å². The molecule has 11 heavy (non-hydrogen) atoms. The van der Waals surface area contributed by atoms with E-state index in [-0.39, 0.29) is 0 Å². The molecule has 1 aliphatic rings. The molecular weight excluding hydrogens is 134 g/mol. The van der Waals surface area contributed by atoms with Crippen molar-refractivity contribution in [1.29, 1.82) is 0 Å². The first kappa shape index (κ1) is 9.05. The third-order valence-corrected chi connectivity index (χ3v) is 2.69. The van der Waals surface area contributed by atoms with E-state index in [1.165, 1.54) is 32.4 Å². The molecule has 0 N–H and O–H groups in total. The van der Waals surface area contributed by atoms with Crippen LogP contribution in [0.4, 0.5) is 0 Å². The van der Waals surface area contributed by atoms with Gasteiger partial charge in [0.1, 0.15) is 0 Å². The lowest BCUT2D eigenvalue weighted by atomic mass is 10.0. The molecule has 1 nitrogen and oxygen atoms in total. The minimum absolute atomic E-state index is 0.851. The summed E-state index contributed by atoms with van der Waals surface area (Å²) in [6.45, 7) is 9.62. The van der Waals surface area contributed by atoms with E-state index in [2.05, 4.69) is 25.7 Å². The molecule has 66 valence electrons. The maximum Gasteiger partial charge on any atom is 0.0119 e. The van der Waals surface area contributed by atoms with Gasteiger partial charge in [0.2, 0.25) is 0 Å². The zero-order valence-electron chi connectivity index (χ0n) is 8.14. The third-order valence-electron chi connectivity index (χ3n) is 2.69. The molecule has 0 saturated carbocycles. The largest absolute Gasteiger partial charge is 0.300 e. The SMILES string of the molecule is CCCN1CCC[C@H]1C(C)C. The molecule has 0 aromatic heterocycles. The van der Waals surface area contributed by atoms with Crippen molar-refractivity contribution in [2.24, 2.45) is 5.92 Å². The number of nitrogens with zero attached hydrogens (tertiary/aromatic N) is 1. The molecule has 0 aromatic carbocycles. The minimum atomic E-state index is 0.851. The molecule has 0 aliphatic carbocycles. The summed E-state index contributed by atoms with van der Waals surface area (Å²) in [6.07, 6.45) is 4.16. The lowest BCUT2D eigenvalue weighted by Gasteiger charge is -2.26. The number of hydrogen-bond donors (Lipinski definition) is 0. The van der Waals surface area contributed by atoms with Crippen LogP contribution >= 0.6 is 0 Å². The van der Waals surface area contributed by atoms with Crippen LogP contribution in [0.2, 0.25) is 0 Å². The summed E-state index contributed by atoms with van der Waals surface area (Å²) in [7, 11) is 0. The highest BCUT2D eigenvalue weighted by Gasteiger charge is 2.25. The van der Waals surface area contributed by atoms with E-state index in [4.69, 9.17) is 0 Å². The highest BCUT2D eigenvalue weighted by atomic mass is 15.2. The molecule has 1 heteroatoms. The fraction of sp³-hybridized carbons (Fsp3) is 1.00. The summed E-state index contributed by atoms with van der Waals surface area (Å²) in [5.74, 6) is 0.851. The topological polar surface area (TPSA) is 3.24 Å². The van der Waals surface area contributed by atoms with Gasteiger partial charge in [-0.25, -0.2) is 0 Å². The summed E-state index contributed by atoms with van der Waals surface area (Å²) >= 11 is 0. The van der Waals surface area contributed by atoms with E-state index in [9.17, 15) is 0 Å². The van der Waals surface area contributed by atoms with Gasteiger partial charge in [0, 0.05) is 6.04 Å².